The van der Waals surface area contributed by atoms with Gasteiger partial charge in [0.05, 0.1) is 0 Å². The first-order valence-electron chi connectivity index (χ1n) is 16.0. The summed E-state index contributed by atoms with van der Waals surface area (Å²) in [5, 5.41) is 0. The fraction of sp³-hybridized carbons (Fsp3) is 0.750. The second-order valence-corrected chi connectivity index (χ2v) is 16.4. The van der Waals surface area contributed by atoms with Crippen LogP contribution in [0.2, 0.25) is 0 Å². The van der Waals surface area contributed by atoms with Crippen LogP contribution in [-0.4, -0.2) is 0 Å². The minimum absolute atomic E-state index is 0. The van der Waals surface area contributed by atoms with Crippen LogP contribution in [0, 0.1) is 93.8 Å². The van der Waals surface area contributed by atoms with Crippen LogP contribution in [0.3, 0.4) is 0 Å². The van der Waals surface area contributed by atoms with Crippen molar-refractivity contribution < 1.29 is 25.8 Å². The van der Waals surface area contributed by atoms with Gasteiger partial charge in [0.25, 0.3) is 0 Å². The van der Waals surface area contributed by atoms with E-state index in [1.165, 1.54) is 64.2 Å². The molecule has 0 bridgehead atoms. The summed E-state index contributed by atoms with van der Waals surface area (Å²) < 4.78 is 0. The molecular weight excluding hydrogens is 659 g/mol. The van der Waals surface area contributed by atoms with Gasteiger partial charge in [-0.15, -0.1) is 0 Å². The number of hydrogen-bond acceptors (Lipinski definition) is 0. The summed E-state index contributed by atoms with van der Waals surface area (Å²) in [5.74, 6) is 8.07. The Morgan fingerprint density at radius 1 is 0.561 bits per heavy atom. The average Bonchev–Trinajstić information content (AvgIpc) is 3.46. The zero-order valence-electron chi connectivity index (χ0n) is 29.7. The van der Waals surface area contributed by atoms with Gasteiger partial charge < -0.3 is 29.7 Å². The van der Waals surface area contributed by atoms with Gasteiger partial charge >= 0.3 is 25.8 Å². The maximum Gasteiger partial charge on any atom is 4.00 e. The van der Waals surface area contributed by atoms with Gasteiger partial charge in [0.15, 0.2) is 0 Å². The minimum atomic E-state index is 0. The Labute approximate surface area is 279 Å². The van der Waals surface area contributed by atoms with Crippen LogP contribution in [0.5, 0.6) is 0 Å². The molecule has 0 N–H and O–H groups in total. The number of rotatable bonds is 4. The van der Waals surface area contributed by atoms with Gasteiger partial charge in [0.2, 0.25) is 0 Å². The Balaban J connectivity index is 0.00000320. The second-order valence-electron chi connectivity index (χ2n) is 16.4. The summed E-state index contributed by atoms with van der Waals surface area (Å²) in [4.78, 5) is 0. The van der Waals surface area contributed by atoms with Crippen LogP contribution in [-0.2, 0) is 31.3 Å². The zero-order chi connectivity index (χ0) is 25.9. The standard InChI is InChI=1S/C36H58.4CH3.Hf/c1-24(2)36(26-16-12-13-17-26,25-14-10-9-11-15-25)33-31-22-27(34(3,4)5)18-20-29(31)30-21-19-28(23-32(30)33)35(6,7)8;;;;;/h9-11,14-15,24,26-33H,12-13,16-23H2,1-8H3;4*1H3;/q;4*-1;+4. The van der Waals surface area contributed by atoms with Crippen molar-refractivity contribution in [3.8, 4) is 0 Å². The molecule has 7 unspecified atom stereocenters. The molecule has 0 saturated heterocycles. The normalized spacial score (nSPS) is 33.0. The van der Waals surface area contributed by atoms with Crippen molar-refractivity contribution in [2.45, 2.75) is 125 Å². The molecule has 234 valence electrons. The van der Waals surface area contributed by atoms with Gasteiger partial charge in [-0.05, 0) is 121 Å². The van der Waals surface area contributed by atoms with E-state index in [4.69, 9.17) is 0 Å². The predicted molar refractivity (Wildman–Crippen MR) is 182 cm³/mol. The summed E-state index contributed by atoms with van der Waals surface area (Å²) in [6.45, 7) is 20.5. The van der Waals surface area contributed by atoms with Gasteiger partial charge in [0, 0.05) is 5.41 Å². The average molecular weight is 729 g/mol. The van der Waals surface area contributed by atoms with E-state index in [0.717, 1.165) is 47.3 Å². The quantitative estimate of drug-likeness (QED) is 0.214. The molecule has 4 aliphatic carbocycles. The molecular formula is C40H70Hf. The molecule has 4 saturated carbocycles. The summed E-state index contributed by atoms with van der Waals surface area (Å²) in [5.41, 5.74) is 2.95. The van der Waals surface area contributed by atoms with E-state index >= 15 is 0 Å². The molecule has 41 heavy (non-hydrogen) atoms. The van der Waals surface area contributed by atoms with E-state index in [1.807, 2.05) is 0 Å². The first kappa shape index (κ1) is 41.1. The smallest absolute Gasteiger partial charge is 0.358 e. The Morgan fingerprint density at radius 3 is 1.34 bits per heavy atom. The third-order valence-corrected chi connectivity index (χ3v) is 12.6. The van der Waals surface area contributed by atoms with Crippen molar-refractivity contribution in [2.75, 3.05) is 0 Å². The summed E-state index contributed by atoms with van der Waals surface area (Å²) >= 11 is 0. The third-order valence-electron chi connectivity index (χ3n) is 12.6. The zero-order valence-corrected chi connectivity index (χ0v) is 33.2. The Bertz CT molecular complexity index is 828. The monoisotopic (exact) mass is 730 g/mol. The van der Waals surface area contributed by atoms with Crippen LogP contribution >= 0.6 is 0 Å². The maximum absolute atomic E-state index is 2.63. The largest absolute Gasteiger partial charge is 4.00 e. The first-order chi connectivity index (χ1) is 17.0. The van der Waals surface area contributed by atoms with Crippen molar-refractivity contribution in [1.29, 1.82) is 0 Å². The molecule has 1 heteroatoms. The molecule has 0 nitrogen and oxygen atoms in total. The van der Waals surface area contributed by atoms with E-state index in [-0.39, 0.29) is 55.5 Å². The van der Waals surface area contributed by atoms with Crippen molar-refractivity contribution in [1.82, 2.24) is 0 Å². The summed E-state index contributed by atoms with van der Waals surface area (Å²) in [7, 11) is 0. The van der Waals surface area contributed by atoms with Gasteiger partial charge in [-0.2, -0.15) is 0 Å². The molecule has 4 fully saturated rings. The second kappa shape index (κ2) is 15.4. The van der Waals surface area contributed by atoms with E-state index in [0.29, 0.717) is 22.2 Å². The molecule has 0 radical (unpaired) electrons. The van der Waals surface area contributed by atoms with E-state index in [9.17, 15) is 0 Å². The number of benzene rings is 1. The van der Waals surface area contributed by atoms with Crippen molar-refractivity contribution in [3.63, 3.8) is 0 Å². The molecule has 0 heterocycles. The fourth-order valence-corrected chi connectivity index (χ4v) is 11.0. The van der Waals surface area contributed by atoms with Gasteiger partial charge in [-0.1, -0.05) is 98.6 Å². The molecule has 1 aromatic carbocycles. The van der Waals surface area contributed by atoms with Crippen LogP contribution in [0.1, 0.15) is 125 Å². The molecule has 0 aromatic heterocycles. The Hall–Kier alpha value is 0.0901. The molecule has 1 aromatic rings. The molecule has 7 atom stereocenters. The molecule has 4 aliphatic rings. The number of hydrogen-bond donors (Lipinski definition) is 0. The molecule has 0 aliphatic heterocycles. The predicted octanol–water partition coefficient (Wildman–Crippen LogP) is 12.4. The number of fused-ring (bicyclic) bond motifs is 3. The maximum atomic E-state index is 2.63. The molecule has 5 rings (SSSR count). The van der Waals surface area contributed by atoms with E-state index in [1.54, 1.807) is 5.56 Å². The summed E-state index contributed by atoms with van der Waals surface area (Å²) in [6.07, 6.45) is 14.8. The van der Waals surface area contributed by atoms with Gasteiger partial charge in [0.1, 0.15) is 0 Å². The van der Waals surface area contributed by atoms with Crippen molar-refractivity contribution in [2.24, 2.45) is 64.1 Å². The first-order valence-corrected chi connectivity index (χ1v) is 16.0. The van der Waals surface area contributed by atoms with Gasteiger partial charge in [-0.3, -0.25) is 0 Å². The fourth-order valence-electron chi connectivity index (χ4n) is 11.0. The van der Waals surface area contributed by atoms with Crippen molar-refractivity contribution >= 4 is 0 Å². The molecule has 0 spiro atoms. The van der Waals surface area contributed by atoms with Crippen LogP contribution in [0.4, 0.5) is 0 Å². The Morgan fingerprint density at radius 2 is 0.976 bits per heavy atom. The topological polar surface area (TPSA) is 0 Å². The van der Waals surface area contributed by atoms with Gasteiger partial charge in [-0.25, -0.2) is 0 Å². The van der Waals surface area contributed by atoms with E-state index in [2.05, 4.69) is 85.7 Å². The van der Waals surface area contributed by atoms with Crippen LogP contribution in [0.15, 0.2) is 30.3 Å². The van der Waals surface area contributed by atoms with Crippen LogP contribution < -0.4 is 0 Å². The minimum Gasteiger partial charge on any atom is -0.358 e. The van der Waals surface area contributed by atoms with Crippen molar-refractivity contribution in [3.05, 3.63) is 65.6 Å². The summed E-state index contributed by atoms with van der Waals surface area (Å²) in [6, 6.07) is 12.1. The van der Waals surface area contributed by atoms with Crippen LogP contribution in [0.25, 0.3) is 0 Å². The third kappa shape index (κ3) is 7.33. The molecule has 0 amide bonds. The van der Waals surface area contributed by atoms with E-state index < -0.39 is 0 Å². The Kier molecular flexibility index (Phi) is 15.4. The SMILES string of the molecule is CC(C)C(c1ccccc1)(C1CCCC1)C1C2CC(C(C)(C)C)CCC2C2CCC(C(C)(C)C)CC21.[CH3-].[CH3-].[CH3-].[CH3-].[Hf+4].